The first kappa shape index (κ1) is 12.0. The molecular weight excluding hydrogens is 214 g/mol. The van der Waals surface area contributed by atoms with Gasteiger partial charge in [0.05, 0.1) is 6.04 Å². The van der Waals surface area contributed by atoms with Crippen LogP contribution in [0.1, 0.15) is 37.7 Å². The molecule has 0 unspecified atom stereocenters. The van der Waals surface area contributed by atoms with E-state index in [0.29, 0.717) is 6.61 Å². The molecule has 0 aliphatic heterocycles. The summed E-state index contributed by atoms with van der Waals surface area (Å²) in [6.45, 7) is 0.333. The zero-order valence-corrected chi connectivity index (χ0v) is 9.95. The van der Waals surface area contributed by atoms with Crippen LogP contribution < -0.4 is 5.32 Å². The molecular formula is C14H18NO2. The van der Waals surface area contributed by atoms with Crippen LogP contribution in [0.25, 0.3) is 0 Å². The lowest BCUT2D eigenvalue weighted by molar-refractivity contribution is 0.138. The van der Waals surface area contributed by atoms with E-state index in [4.69, 9.17) is 4.74 Å². The van der Waals surface area contributed by atoms with E-state index in [1.165, 1.54) is 19.3 Å². The van der Waals surface area contributed by atoms with Gasteiger partial charge in [-0.1, -0.05) is 49.6 Å². The van der Waals surface area contributed by atoms with E-state index in [9.17, 15) is 4.79 Å². The number of amides is 1. The molecule has 1 aliphatic rings. The number of rotatable bonds is 3. The third kappa shape index (κ3) is 4.10. The van der Waals surface area contributed by atoms with E-state index in [-0.39, 0.29) is 6.09 Å². The van der Waals surface area contributed by atoms with E-state index in [1.807, 2.05) is 30.3 Å². The molecule has 0 bridgehead atoms. The van der Waals surface area contributed by atoms with Crippen molar-refractivity contribution in [1.82, 2.24) is 5.32 Å². The average Bonchev–Trinajstić information content (AvgIpc) is 2.39. The van der Waals surface area contributed by atoms with Crippen LogP contribution in [0.15, 0.2) is 30.3 Å². The van der Waals surface area contributed by atoms with Crippen molar-refractivity contribution in [2.75, 3.05) is 0 Å². The minimum atomic E-state index is -0.328. The third-order valence-corrected chi connectivity index (χ3v) is 2.95. The van der Waals surface area contributed by atoms with Gasteiger partial charge in [0, 0.05) is 0 Å². The van der Waals surface area contributed by atoms with Gasteiger partial charge < -0.3 is 10.1 Å². The first-order chi connectivity index (χ1) is 8.34. The van der Waals surface area contributed by atoms with Gasteiger partial charge in [0.15, 0.2) is 0 Å². The third-order valence-electron chi connectivity index (χ3n) is 2.95. The minimum Gasteiger partial charge on any atom is -0.445 e. The first-order valence-electron chi connectivity index (χ1n) is 6.17. The van der Waals surface area contributed by atoms with Crippen molar-refractivity contribution in [3.63, 3.8) is 0 Å². The molecule has 1 saturated carbocycles. The van der Waals surface area contributed by atoms with Gasteiger partial charge >= 0.3 is 6.09 Å². The quantitative estimate of drug-likeness (QED) is 0.867. The maximum atomic E-state index is 11.5. The molecule has 2 rings (SSSR count). The lowest BCUT2D eigenvalue weighted by Crippen LogP contribution is -2.30. The van der Waals surface area contributed by atoms with E-state index in [0.717, 1.165) is 24.4 Å². The molecule has 1 radical (unpaired) electrons. The van der Waals surface area contributed by atoms with Gasteiger partial charge in [-0.25, -0.2) is 4.79 Å². The highest BCUT2D eigenvalue weighted by Crippen LogP contribution is 2.23. The summed E-state index contributed by atoms with van der Waals surface area (Å²) in [6.07, 6.45) is 5.29. The van der Waals surface area contributed by atoms with Gasteiger partial charge in [0.2, 0.25) is 0 Å². The van der Waals surface area contributed by atoms with Crippen molar-refractivity contribution in [3.05, 3.63) is 41.9 Å². The van der Waals surface area contributed by atoms with Crippen LogP contribution in [0, 0.1) is 6.04 Å². The van der Waals surface area contributed by atoms with Crippen molar-refractivity contribution in [2.45, 2.75) is 38.7 Å². The molecule has 91 valence electrons. The molecule has 0 saturated heterocycles. The summed E-state index contributed by atoms with van der Waals surface area (Å²) in [5, 5.41) is 2.84. The highest BCUT2D eigenvalue weighted by Gasteiger charge is 2.17. The topological polar surface area (TPSA) is 38.3 Å². The summed E-state index contributed by atoms with van der Waals surface area (Å²) in [4.78, 5) is 11.5. The average molecular weight is 232 g/mol. The number of nitrogens with one attached hydrogen (secondary N) is 1. The number of carbonyl (C=O) groups excluding carboxylic acids is 1. The number of alkyl carbamates (subject to hydrolysis) is 1. The smallest absolute Gasteiger partial charge is 0.407 e. The summed E-state index contributed by atoms with van der Waals surface area (Å²) < 4.78 is 5.16. The fourth-order valence-electron chi connectivity index (χ4n) is 2.01. The Morgan fingerprint density at radius 1 is 1.12 bits per heavy atom. The second-order valence-corrected chi connectivity index (χ2v) is 4.35. The largest absolute Gasteiger partial charge is 0.445 e. The van der Waals surface area contributed by atoms with Crippen LogP contribution in [0.3, 0.4) is 0 Å². The molecule has 3 nitrogen and oxygen atoms in total. The second kappa shape index (κ2) is 6.28. The number of hydrogen-bond donors (Lipinski definition) is 1. The van der Waals surface area contributed by atoms with E-state index in [2.05, 4.69) is 5.32 Å². The second-order valence-electron chi connectivity index (χ2n) is 4.35. The van der Waals surface area contributed by atoms with Gasteiger partial charge in [-0.3, -0.25) is 0 Å². The molecule has 1 aromatic carbocycles. The van der Waals surface area contributed by atoms with Crippen LogP contribution in [0.5, 0.6) is 0 Å². The van der Waals surface area contributed by atoms with Crippen LogP contribution in [-0.4, -0.2) is 6.09 Å². The predicted octanol–water partition coefficient (Wildman–Crippen LogP) is 3.41. The van der Waals surface area contributed by atoms with Crippen molar-refractivity contribution in [3.8, 4) is 0 Å². The molecule has 1 N–H and O–H groups in total. The number of hydrogen-bond acceptors (Lipinski definition) is 2. The molecule has 0 atom stereocenters. The Morgan fingerprint density at radius 3 is 2.53 bits per heavy atom. The van der Waals surface area contributed by atoms with E-state index >= 15 is 0 Å². The fraction of sp³-hybridized carbons (Fsp3) is 0.429. The van der Waals surface area contributed by atoms with Crippen molar-refractivity contribution >= 4 is 6.09 Å². The molecule has 0 spiro atoms. The van der Waals surface area contributed by atoms with Crippen LogP contribution in [0.2, 0.25) is 0 Å². The van der Waals surface area contributed by atoms with Gasteiger partial charge in [-0.15, -0.1) is 0 Å². The maximum Gasteiger partial charge on any atom is 0.407 e. The molecule has 1 fully saturated rings. The highest BCUT2D eigenvalue weighted by atomic mass is 16.5. The normalized spacial score (nSPS) is 16.5. The summed E-state index contributed by atoms with van der Waals surface area (Å²) in [7, 11) is 0. The number of ether oxygens (including phenoxy) is 1. The zero-order valence-electron chi connectivity index (χ0n) is 9.95. The molecule has 0 aromatic heterocycles. The van der Waals surface area contributed by atoms with E-state index < -0.39 is 0 Å². The Labute approximate surface area is 102 Å². The van der Waals surface area contributed by atoms with Crippen LogP contribution in [0.4, 0.5) is 4.79 Å². The Bertz CT molecular complexity index is 344. The minimum absolute atomic E-state index is 0.328. The Kier molecular flexibility index (Phi) is 4.42. The van der Waals surface area contributed by atoms with Crippen LogP contribution in [-0.2, 0) is 11.3 Å². The summed E-state index contributed by atoms with van der Waals surface area (Å²) in [6, 6.07) is 10.8. The standard InChI is InChI=1S/C14H18NO2/c16-14(15-13-9-5-2-6-10-13)17-11-12-7-3-1-4-8-12/h1,3-4,7-8H,2,5-6,9-11H2,(H,15,16). The monoisotopic (exact) mass is 232 g/mol. The van der Waals surface area contributed by atoms with E-state index in [1.54, 1.807) is 0 Å². The lowest BCUT2D eigenvalue weighted by atomic mass is 9.96. The van der Waals surface area contributed by atoms with Gasteiger partial charge in [-0.05, 0) is 18.4 Å². The zero-order chi connectivity index (χ0) is 11.9. The summed E-state index contributed by atoms with van der Waals surface area (Å²) in [5.74, 6) is 0. The SMILES string of the molecule is O=C(N[C]1CCCCC1)OCc1ccccc1. The Balaban J connectivity index is 1.70. The van der Waals surface area contributed by atoms with Gasteiger partial charge in [-0.2, -0.15) is 0 Å². The lowest BCUT2D eigenvalue weighted by Gasteiger charge is -2.21. The maximum absolute atomic E-state index is 11.5. The van der Waals surface area contributed by atoms with Crippen molar-refractivity contribution < 1.29 is 9.53 Å². The summed E-state index contributed by atoms with van der Waals surface area (Å²) in [5.41, 5.74) is 1.01. The number of carbonyl (C=O) groups is 1. The Hall–Kier alpha value is -1.51. The summed E-state index contributed by atoms with van der Waals surface area (Å²) >= 11 is 0. The molecule has 3 heteroatoms. The van der Waals surface area contributed by atoms with Crippen molar-refractivity contribution in [2.24, 2.45) is 0 Å². The van der Waals surface area contributed by atoms with Gasteiger partial charge in [0.1, 0.15) is 6.61 Å². The molecule has 1 aromatic rings. The fourth-order valence-corrected chi connectivity index (χ4v) is 2.01. The molecule has 17 heavy (non-hydrogen) atoms. The first-order valence-corrected chi connectivity index (χ1v) is 6.17. The van der Waals surface area contributed by atoms with Gasteiger partial charge in [0.25, 0.3) is 0 Å². The number of benzene rings is 1. The Morgan fingerprint density at radius 2 is 1.82 bits per heavy atom. The van der Waals surface area contributed by atoms with Crippen molar-refractivity contribution in [1.29, 1.82) is 0 Å². The molecule has 1 amide bonds. The van der Waals surface area contributed by atoms with Crippen LogP contribution >= 0.6 is 0 Å². The predicted molar refractivity (Wildman–Crippen MR) is 66.1 cm³/mol. The molecule has 1 aliphatic carbocycles. The highest BCUT2D eigenvalue weighted by molar-refractivity contribution is 5.68. The molecule has 0 heterocycles.